The van der Waals surface area contributed by atoms with E-state index in [-0.39, 0.29) is 18.2 Å². The van der Waals surface area contributed by atoms with Gasteiger partial charge >= 0.3 is 0 Å². The molecule has 0 spiro atoms. The first-order valence-corrected chi connectivity index (χ1v) is 11.7. The van der Waals surface area contributed by atoms with Crippen LogP contribution in [-0.2, 0) is 16.1 Å². The Morgan fingerprint density at radius 1 is 1.00 bits per heavy atom. The Morgan fingerprint density at radius 2 is 1.69 bits per heavy atom. The zero-order valence-electron chi connectivity index (χ0n) is 19.0. The highest BCUT2D eigenvalue weighted by molar-refractivity contribution is 5.88. The van der Waals surface area contributed by atoms with Gasteiger partial charge in [-0.25, -0.2) is 0 Å². The summed E-state index contributed by atoms with van der Waals surface area (Å²) in [5.74, 6) is -0.00544. The summed E-state index contributed by atoms with van der Waals surface area (Å²) in [5, 5.41) is 2.94. The average Bonchev–Trinajstić information content (AvgIpc) is 3.34. The van der Waals surface area contributed by atoms with Crippen LogP contribution >= 0.6 is 0 Å². The summed E-state index contributed by atoms with van der Waals surface area (Å²) in [6, 6.07) is 18.4. The second-order valence-electron chi connectivity index (χ2n) is 8.91. The van der Waals surface area contributed by atoms with Gasteiger partial charge in [0.1, 0.15) is 0 Å². The van der Waals surface area contributed by atoms with E-state index in [4.69, 9.17) is 0 Å². The Kier molecular flexibility index (Phi) is 7.55. The van der Waals surface area contributed by atoms with Crippen LogP contribution in [0.25, 0.3) is 11.1 Å². The van der Waals surface area contributed by atoms with Gasteiger partial charge < -0.3 is 15.1 Å². The van der Waals surface area contributed by atoms with Gasteiger partial charge in [-0.3, -0.25) is 14.5 Å². The molecule has 2 aromatic carbocycles. The van der Waals surface area contributed by atoms with Crippen molar-refractivity contribution in [2.75, 3.05) is 46.3 Å². The Balaban J connectivity index is 1.35. The van der Waals surface area contributed by atoms with Crippen molar-refractivity contribution in [1.29, 1.82) is 0 Å². The lowest BCUT2D eigenvalue weighted by molar-refractivity contribution is -0.138. The molecule has 2 aliphatic heterocycles. The number of carbonyl (C=O) groups is 2. The molecule has 4 rings (SSSR count). The fourth-order valence-corrected chi connectivity index (χ4v) is 4.58. The van der Waals surface area contributed by atoms with Crippen molar-refractivity contribution in [3.05, 3.63) is 60.2 Å². The topological polar surface area (TPSA) is 55.9 Å². The van der Waals surface area contributed by atoms with Gasteiger partial charge in [0.2, 0.25) is 11.8 Å². The van der Waals surface area contributed by atoms with E-state index in [0.717, 1.165) is 31.7 Å². The molecular formula is C26H34N4O2. The molecule has 2 amide bonds. The van der Waals surface area contributed by atoms with Crippen LogP contribution in [0.1, 0.15) is 24.8 Å². The average molecular weight is 435 g/mol. The van der Waals surface area contributed by atoms with Crippen molar-refractivity contribution >= 4 is 11.8 Å². The molecule has 0 saturated carbocycles. The number of nitrogens with zero attached hydrogens (tertiary/aromatic N) is 3. The highest BCUT2D eigenvalue weighted by Crippen LogP contribution is 2.21. The SMILES string of the molecule is CN(CCN1CCCC1)C(=O)C[C@@H]1C(=O)NCCN1Cc1ccc(-c2ccccc2)cc1. The summed E-state index contributed by atoms with van der Waals surface area (Å²) in [4.78, 5) is 31.8. The fraction of sp³-hybridized carbons (Fsp3) is 0.462. The lowest BCUT2D eigenvalue weighted by atomic mass is 10.0. The van der Waals surface area contributed by atoms with Crippen molar-refractivity contribution < 1.29 is 9.59 Å². The third-order valence-electron chi connectivity index (χ3n) is 6.63. The lowest BCUT2D eigenvalue weighted by Crippen LogP contribution is -2.56. The van der Waals surface area contributed by atoms with E-state index in [1.807, 2.05) is 25.2 Å². The van der Waals surface area contributed by atoms with E-state index >= 15 is 0 Å². The molecule has 6 heteroatoms. The third kappa shape index (κ3) is 5.75. The number of rotatable bonds is 8. The maximum absolute atomic E-state index is 12.9. The number of likely N-dealkylation sites (tertiary alicyclic amines) is 1. The number of hydrogen-bond donors (Lipinski definition) is 1. The van der Waals surface area contributed by atoms with Crippen LogP contribution in [0.3, 0.4) is 0 Å². The second kappa shape index (κ2) is 10.7. The smallest absolute Gasteiger partial charge is 0.237 e. The van der Waals surface area contributed by atoms with Gasteiger partial charge in [0.15, 0.2) is 0 Å². The standard InChI is InChI=1S/C26H34N4O2/c1-28(17-18-29-14-5-6-15-29)25(31)19-24-26(32)27-13-16-30(24)20-21-9-11-23(12-10-21)22-7-3-2-4-8-22/h2-4,7-12,24H,5-6,13-20H2,1H3,(H,27,32)/t24-/m1/s1. The summed E-state index contributed by atoms with van der Waals surface area (Å²) in [7, 11) is 1.85. The van der Waals surface area contributed by atoms with Crippen LogP contribution in [0.15, 0.2) is 54.6 Å². The minimum atomic E-state index is -0.417. The van der Waals surface area contributed by atoms with Crippen molar-refractivity contribution in [3.8, 4) is 11.1 Å². The molecule has 2 heterocycles. The van der Waals surface area contributed by atoms with Crippen molar-refractivity contribution in [2.24, 2.45) is 0 Å². The van der Waals surface area contributed by atoms with E-state index in [9.17, 15) is 9.59 Å². The molecule has 2 fully saturated rings. The monoisotopic (exact) mass is 434 g/mol. The lowest BCUT2D eigenvalue weighted by Gasteiger charge is -2.35. The Hall–Kier alpha value is -2.70. The van der Waals surface area contributed by atoms with Gasteiger partial charge in [-0.05, 0) is 42.6 Å². The van der Waals surface area contributed by atoms with Gasteiger partial charge in [0.25, 0.3) is 0 Å². The Bertz CT molecular complexity index is 894. The van der Waals surface area contributed by atoms with E-state index < -0.39 is 6.04 Å². The Labute approximate surface area is 191 Å². The van der Waals surface area contributed by atoms with E-state index in [1.165, 1.54) is 24.0 Å². The number of hydrogen-bond acceptors (Lipinski definition) is 4. The minimum Gasteiger partial charge on any atom is -0.353 e. The predicted octanol–water partition coefficient (Wildman–Crippen LogP) is 2.60. The molecule has 1 N–H and O–H groups in total. The number of carbonyl (C=O) groups excluding carboxylic acids is 2. The quantitative estimate of drug-likeness (QED) is 0.694. The molecule has 0 unspecified atom stereocenters. The summed E-state index contributed by atoms with van der Waals surface area (Å²) < 4.78 is 0. The van der Waals surface area contributed by atoms with Gasteiger partial charge in [0.05, 0.1) is 12.5 Å². The summed E-state index contributed by atoms with van der Waals surface area (Å²) >= 11 is 0. The molecule has 2 aliphatic rings. The van der Waals surface area contributed by atoms with Crippen LogP contribution in [0, 0.1) is 0 Å². The zero-order chi connectivity index (χ0) is 22.3. The van der Waals surface area contributed by atoms with E-state index in [1.54, 1.807) is 4.90 Å². The van der Waals surface area contributed by atoms with Gasteiger partial charge in [0, 0.05) is 39.8 Å². The highest BCUT2D eigenvalue weighted by Gasteiger charge is 2.32. The van der Waals surface area contributed by atoms with Crippen molar-refractivity contribution in [1.82, 2.24) is 20.0 Å². The van der Waals surface area contributed by atoms with Gasteiger partial charge in [-0.2, -0.15) is 0 Å². The van der Waals surface area contributed by atoms with Crippen molar-refractivity contribution in [2.45, 2.75) is 31.8 Å². The summed E-state index contributed by atoms with van der Waals surface area (Å²) in [6.45, 7) is 5.93. The number of nitrogens with one attached hydrogen (secondary N) is 1. The number of benzene rings is 2. The molecule has 0 radical (unpaired) electrons. The molecule has 0 aromatic heterocycles. The van der Waals surface area contributed by atoms with Crippen LogP contribution < -0.4 is 5.32 Å². The number of likely N-dealkylation sites (N-methyl/N-ethyl adjacent to an activating group) is 1. The highest BCUT2D eigenvalue weighted by atomic mass is 16.2. The molecule has 2 aromatic rings. The molecular weight excluding hydrogens is 400 g/mol. The first-order valence-electron chi connectivity index (χ1n) is 11.7. The Morgan fingerprint density at radius 3 is 2.41 bits per heavy atom. The first-order chi connectivity index (χ1) is 15.6. The molecule has 32 heavy (non-hydrogen) atoms. The van der Waals surface area contributed by atoms with E-state index in [0.29, 0.717) is 19.6 Å². The zero-order valence-corrected chi connectivity index (χ0v) is 19.0. The second-order valence-corrected chi connectivity index (χ2v) is 8.91. The first kappa shape index (κ1) is 22.5. The maximum atomic E-state index is 12.9. The normalized spacial score (nSPS) is 19.7. The molecule has 0 aliphatic carbocycles. The fourth-order valence-electron chi connectivity index (χ4n) is 4.58. The van der Waals surface area contributed by atoms with Crippen molar-refractivity contribution in [3.63, 3.8) is 0 Å². The molecule has 1 atom stereocenters. The van der Waals surface area contributed by atoms with Crippen LogP contribution in [0.2, 0.25) is 0 Å². The molecule has 0 bridgehead atoms. The number of amides is 2. The third-order valence-corrected chi connectivity index (χ3v) is 6.63. The molecule has 6 nitrogen and oxygen atoms in total. The number of piperazine rings is 1. The minimum absolute atomic E-state index is 0.0377. The van der Waals surface area contributed by atoms with Crippen LogP contribution in [-0.4, -0.2) is 78.9 Å². The largest absolute Gasteiger partial charge is 0.353 e. The van der Waals surface area contributed by atoms with E-state index in [2.05, 4.69) is 51.5 Å². The summed E-state index contributed by atoms with van der Waals surface area (Å²) in [5.41, 5.74) is 3.52. The van der Waals surface area contributed by atoms with Gasteiger partial charge in [-0.15, -0.1) is 0 Å². The summed E-state index contributed by atoms with van der Waals surface area (Å²) in [6.07, 6.45) is 2.73. The molecule has 170 valence electrons. The molecule has 2 saturated heterocycles. The van der Waals surface area contributed by atoms with Crippen LogP contribution in [0.5, 0.6) is 0 Å². The maximum Gasteiger partial charge on any atom is 0.237 e. The van der Waals surface area contributed by atoms with Crippen LogP contribution in [0.4, 0.5) is 0 Å². The van der Waals surface area contributed by atoms with Gasteiger partial charge in [-0.1, -0.05) is 54.6 Å². The predicted molar refractivity (Wildman–Crippen MR) is 127 cm³/mol.